The third kappa shape index (κ3) is 1.80. The molecular formula is C13H17BrFN. The van der Waals surface area contributed by atoms with E-state index in [1.54, 1.807) is 0 Å². The molecule has 2 rings (SSSR count). The SMILES string of the molecule is CCc1cc(C2(C(C)N)CC2)cc(Br)c1F. The van der Waals surface area contributed by atoms with Gasteiger partial charge in [-0.05, 0) is 59.3 Å². The van der Waals surface area contributed by atoms with E-state index in [-0.39, 0.29) is 17.3 Å². The molecule has 1 fully saturated rings. The lowest BCUT2D eigenvalue weighted by Crippen LogP contribution is -2.31. The maximum absolute atomic E-state index is 13.7. The molecule has 0 aliphatic heterocycles. The van der Waals surface area contributed by atoms with E-state index in [1.165, 1.54) is 5.56 Å². The van der Waals surface area contributed by atoms with Crippen LogP contribution in [0.25, 0.3) is 0 Å². The fourth-order valence-electron chi connectivity index (χ4n) is 2.33. The second-order valence-corrected chi connectivity index (χ2v) is 5.58. The largest absolute Gasteiger partial charge is 0.327 e. The van der Waals surface area contributed by atoms with Crippen LogP contribution in [0.15, 0.2) is 16.6 Å². The Bertz CT molecular complexity index is 411. The van der Waals surface area contributed by atoms with Gasteiger partial charge in [-0.1, -0.05) is 13.0 Å². The number of aryl methyl sites for hydroxylation is 1. The Hall–Kier alpha value is -0.410. The van der Waals surface area contributed by atoms with Crippen molar-refractivity contribution in [3.8, 4) is 0 Å². The van der Waals surface area contributed by atoms with Gasteiger partial charge in [-0.15, -0.1) is 0 Å². The minimum absolute atomic E-state index is 0.0974. The average Bonchev–Trinajstić information content (AvgIpc) is 3.02. The van der Waals surface area contributed by atoms with Gasteiger partial charge in [-0.3, -0.25) is 0 Å². The molecule has 1 aliphatic rings. The van der Waals surface area contributed by atoms with Gasteiger partial charge in [-0.2, -0.15) is 0 Å². The molecule has 1 aliphatic carbocycles. The molecule has 0 aromatic heterocycles. The van der Waals surface area contributed by atoms with E-state index in [0.717, 1.165) is 18.4 Å². The van der Waals surface area contributed by atoms with E-state index in [9.17, 15) is 4.39 Å². The molecule has 1 saturated carbocycles. The molecule has 3 heteroatoms. The first-order valence-corrected chi connectivity index (χ1v) is 6.54. The second kappa shape index (κ2) is 4.11. The molecule has 0 bridgehead atoms. The number of benzene rings is 1. The Morgan fingerprint density at radius 2 is 2.12 bits per heavy atom. The first-order chi connectivity index (χ1) is 7.51. The summed E-state index contributed by atoms with van der Waals surface area (Å²) in [5.74, 6) is -0.133. The van der Waals surface area contributed by atoms with Crippen LogP contribution >= 0.6 is 15.9 Å². The molecule has 1 aromatic carbocycles. The van der Waals surface area contributed by atoms with E-state index < -0.39 is 0 Å². The van der Waals surface area contributed by atoms with Crippen molar-refractivity contribution in [1.29, 1.82) is 0 Å². The van der Waals surface area contributed by atoms with Gasteiger partial charge < -0.3 is 5.73 Å². The van der Waals surface area contributed by atoms with Gasteiger partial charge in [0.2, 0.25) is 0 Å². The van der Waals surface area contributed by atoms with Gasteiger partial charge >= 0.3 is 0 Å². The third-order valence-corrected chi connectivity index (χ3v) is 4.30. The lowest BCUT2D eigenvalue weighted by Gasteiger charge is -2.21. The molecule has 0 heterocycles. The van der Waals surface area contributed by atoms with E-state index >= 15 is 0 Å². The van der Waals surface area contributed by atoms with Gasteiger partial charge in [0.15, 0.2) is 0 Å². The van der Waals surface area contributed by atoms with Gasteiger partial charge in [0.05, 0.1) is 4.47 Å². The van der Waals surface area contributed by atoms with Crippen molar-refractivity contribution in [2.24, 2.45) is 5.73 Å². The molecule has 0 radical (unpaired) electrons. The minimum atomic E-state index is -0.133. The van der Waals surface area contributed by atoms with E-state index in [1.807, 2.05) is 26.0 Å². The zero-order valence-corrected chi connectivity index (χ0v) is 11.3. The number of halogens is 2. The second-order valence-electron chi connectivity index (χ2n) is 4.73. The van der Waals surface area contributed by atoms with Crippen LogP contribution in [0.4, 0.5) is 4.39 Å². The lowest BCUT2D eigenvalue weighted by molar-refractivity contribution is 0.550. The summed E-state index contributed by atoms with van der Waals surface area (Å²) in [6.07, 6.45) is 2.95. The predicted molar refractivity (Wildman–Crippen MR) is 68.0 cm³/mol. The first kappa shape index (κ1) is 12.1. The van der Waals surface area contributed by atoms with Crippen molar-refractivity contribution in [2.75, 3.05) is 0 Å². The number of nitrogens with two attached hydrogens (primary N) is 1. The van der Waals surface area contributed by atoms with Crippen LogP contribution in [-0.4, -0.2) is 6.04 Å². The molecule has 1 nitrogen and oxygen atoms in total. The first-order valence-electron chi connectivity index (χ1n) is 5.75. The van der Waals surface area contributed by atoms with Crippen LogP contribution < -0.4 is 5.73 Å². The highest BCUT2D eigenvalue weighted by Gasteiger charge is 2.47. The molecular weight excluding hydrogens is 269 g/mol. The van der Waals surface area contributed by atoms with Crippen LogP contribution in [0.2, 0.25) is 0 Å². The van der Waals surface area contributed by atoms with Gasteiger partial charge in [0, 0.05) is 11.5 Å². The molecule has 16 heavy (non-hydrogen) atoms. The van der Waals surface area contributed by atoms with Crippen molar-refractivity contribution in [3.05, 3.63) is 33.5 Å². The highest BCUT2D eigenvalue weighted by Crippen LogP contribution is 2.51. The number of hydrogen-bond acceptors (Lipinski definition) is 1. The van der Waals surface area contributed by atoms with E-state index in [0.29, 0.717) is 10.9 Å². The molecule has 1 aromatic rings. The number of rotatable bonds is 3. The average molecular weight is 286 g/mol. The van der Waals surface area contributed by atoms with E-state index in [4.69, 9.17) is 5.73 Å². The Morgan fingerprint density at radius 3 is 2.56 bits per heavy atom. The Labute approximate surface area is 104 Å². The summed E-state index contributed by atoms with van der Waals surface area (Å²) in [7, 11) is 0. The zero-order valence-electron chi connectivity index (χ0n) is 9.69. The maximum atomic E-state index is 13.7. The summed E-state index contributed by atoms with van der Waals surface area (Å²) in [5.41, 5.74) is 8.09. The normalized spacial score (nSPS) is 19.6. The van der Waals surface area contributed by atoms with Crippen LogP contribution in [0, 0.1) is 5.82 Å². The standard InChI is InChI=1S/C13H17BrFN/c1-3-9-6-10(7-11(14)12(9)15)13(4-5-13)8(2)16/h6-8H,3-5,16H2,1-2H3. The fourth-order valence-corrected chi connectivity index (χ4v) is 2.83. The van der Waals surface area contributed by atoms with Crippen LogP contribution in [-0.2, 0) is 11.8 Å². The summed E-state index contributed by atoms with van der Waals surface area (Å²) in [6.45, 7) is 4.01. The monoisotopic (exact) mass is 285 g/mol. The predicted octanol–water partition coefficient (Wildman–Crippen LogP) is 3.53. The Kier molecular flexibility index (Phi) is 3.10. The molecule has 0 saturated heterocycles. The van der Waals surface area contributed by atoms with Crippen molar-refractivity contribution in [3.63, 3.8) is 0 Å². The maximum Gasteiger partial charge on any atom is 0.140 e. The topological polar surface area (TPSA) is 26.0 Å². The molecule has 0 spiro atoms. The van der Waals surface area contributed by atoms with Crippen molar-refractivity contribution in [1.82, 2.24) is 0 Å². The van der Waals surface area contributed by atoms with Gasteiger partial charge in [0.1, 0.15) is 5.82 Å². The van der Waals surface area contributed by atoms with Crippen LogP contribution in [0.3, 0.4) is 0 Å². The van der Waals surface area contributed by atoms with Gasteiger partial charge in [0.25, 0.3) is 0 Å². The van der Waals surface area contributed by atoms with E-state index in [2.05, 4.69) is 15.9 Å². The molecule has 1 atom stereocenters. The summed E-state index contributed by atoms with van der Waals surface area (Å²) in [4.78, 5) is 0. The van der Waals surface area contributed by atoms with Crippen molar-refractivity contribution >= 4 is 15.9 Å². The van der Waals surface area contributed by atoms with Gasteiger partial charge in [-0.25, -0.2) is 4.39 Å². The molecule has 1 unspecified atom stereocenters. The molecule has 2 N–H and O–H groups in total. The van der Waals surface area contributed by atoms with Crippen LogP contribution in [0.5, 0.6) is 0 Å². The smallest absolute Gasteiger partial charge is 0.140 e. The van der Waals surface area contributed by atoms with Crippen LogP contribution in [0.1, 0.15) is 37.8 Å². The summed E-state index contributed by atoms with van der Waals surface area (Å²) in [5, 5.41) is 0. The highest BCUT2D eigenvalue weighted by atomic mass is 79.9. The third-order valence-electron chi connectivity index (χ3n) is 3.72. The van der Waals surface area contributed by atoms with Crippen molar-refractivity contribution < 1.29 is 4.39 Å². The fraction of sp³-hybridized carbons (Fsp3) is 0.538. The summed E-state index contributed by atoms with van der Waals surface area (Å²) in [6, 6.07) is 4.01. The van der Waals surface area contributed by atoms with Crippen molar-refractivity contribution in [2.45, 2.75) is 44.6 Å². The molecule has 88 valence electrons. The quantitative estimate of drug-likeness (QED) is 0.903. The number of hydrogen-bond donors (Lipinski definition) is 1. The summed E-state index contributed by atoms with van der Waals surface area (Å²) >= 11 is 3.29. The highest BCUT2D eigenvalue weighted by molar-refractivity contribution is 9.10. The summed E-state index contributed by atoms with van der Waals surface area (Å²) < 4.78 is 14.3. The Morgan fingerprint density at radius 1 is 1.50 bits per heavy atom. The zero-order chi connectivity index (χ0) is 11.9. The lowest BCUT2D eigenvalue weighted by atomic mass is 9.88. The Balaban J connectivity index is 2.47. The minimum Gasteiger partial charge on any atom is -0.327 e. The molecule has 0 amide bonds.